The number of aromatic nitrogens is 2. The fraction of sp³-hybridized carbons (Fsp3) is 0.786. The molecule has 0 unspecified atom stereocenters. The Kier molecular flexibility index (Phi) is 5.82. The van der Waals surface area contributed by atoms with Gasteiger partial charge in [-0.05, 0) is 19.4 Å². The normalized spacial score (nSPS) is 20.8. The Bertz CT molecular complexity index is 364. The monoisotopic (exact) mass is 266 g/mol. The van der Waals surface area contributed by atoms with Crippen molar-refractivity contribution in [3.05, 3.63) is 17.7 Å². The van der Waals surface area contributed by atoms with Crippen LogP contribution in [0.1, 0.15) is 37.7 Å². The van der Waals surface area contributed by atoms with Gasteiger partial charge in [-0.2, -0.15) is 0 Å². The zero-order valence-electron chi connectivity index (χ0n) is 11.9. The predicted octanol–water partition coefficient (Wildman–Crippen LogP) is 1.30. The van der Waals surface area contributed by atoms with E-state index in [0.29, 0.717) is 12.6 Å². The van der Waals surface area contributed by atoms with Gasteiger partial charge in [0.1, 0.15) is 5.82 Å². The molecule has 0 amide bonds. The number of aromatic amines is 1. The molecule has 5 heteroatoms. The zero-order chi connectivity index (χ0) is 13.5. The number of ether oxygens (including phenoxy) is 1. The van der Waals surface area contributed by atoms with Crippen molar-refractivity contribution in [1.29, 1.82) is 0 Å². The lowest BCUT2D eigenvalue weighted by molar-refractivity contribution is -0.0338. The Labute approximate surface area is 115 Å². The second-order valence-electron chi connectivity index (χ2n) is 5.26. The molecule has 1 aliphatic heterocycles. The van der Waals surface area contributed by atoms with Crippen molar-refractivity contribution in [1.82, 2.24) is 14.9 Å². The molecule has 0 aliphatic carbocycles. The summed E-state index contributed by atoms with van der Waals surface area (Å²) in [6.07, 6.45) is 6.67. The molecule has 1 aliphatic rings. The molecule has 5 nitrogen and oxygen atoms in total. The van der Waals surface area contributed by atoms with Crippen molar-refractivity contribution < 1.29 is 4.74 Å². The van der Waals surface area contributed by atoms with Crippen molar-refractivity contribution in [3.8, 4) is 0 Å². The highest BCUT2D eigenvalue weighted by Gasteiger charge is 2.20. The van der Waals surface area contributed by atoms with Crippen molar-refractivity contribution in [2.75, 3.05) is 26.2 Å². The summed E-state index contributed by atoms with van der Waals surface area (Å²) in [5.41, 5.74) is 6.80. The molecule has 19 heavy (non-hydrogen) atoms. The van der Waals surface area contributed by atoms with Crippen LogP contribution < -0.4 is 5.73 Å². The molecular formula is C14H26N4O. The number of nitrogens with one attached hydrogen (secondary N) is 1. The molecule has 0 spiro atoms. The van der Waals surface area contributed by atoms with E-state index in [2.05, 4.69) is 21.8 Å². The quantitative estimate of drug-likeness (QED) is 0.780. The number of nitrogens with zero attached hydrogens (tertiary/aromatic N) is 2. The molecular weight excluding hydrogens is 240 g/mol. The SMILES string of the molecule is CCCCc1ncc(CN2CCO[C@@H](CCN)C2)[nH]1. The summed E-state index contributed by atoms with van der Waals surface area (Å²) in [5, 5.41) is 0. The van der Waals surface area contributed by atoms with Gasteiger partial charge in [-0.25, -0.2) is 4.98 Å². The van der Waals surface area contributed by atoms with Crippen LogP contribution in [0.15, 0.2) is 6.20 Å². The van der Waals surface area contributed by atoms with Gasteiger partial charge >= 0.3 is 0 Å². The summed E-state index contributed by atoms with van der Waals surface area (Å²) >= 11 is 0. The Morgan fingerprint density at radius 3 is 3.26 bits per heavy atom. The molecule has 0 radical (unpaired) electrons. The van der Waals surface area contributed by atoms with E-state index in [0.717, 1.165) is 44.9 Å². The predicted molar refractivity (Wildman–Crippen MR) is 75.9 cm³/mol. The first kappa shape index (κ1) is 14.5. The van der Waals surface area contributed by atoms with Gasteiger partial charge in [0.2, 0.25) is 0 Å². The highest BCUT2D eigenvalue weighted by atomic mass is 16.5. The molecule has 108 valence electrons. The van der Waals surface area contributed by atoms with Crippen molar-refractivity contribution in [3.63, 3.8) is 0 Å². The number of nitrogens with two attached hydrogens (primary N) is 1. The summed E-state index contributed by atoms with van der Waals surface area (Å²) in [6.45, 7) is 6.61. The number of aryl methyl sites for hydroxylation is 1. The Morgan fingerprint density at radius 2 is 2.47 bits per heavy atom. The molecule has 0 saturated carbocycles. The number of morpholine rings is 1. The van der Waals surface area contributed by atoms with Gasteiger partial charge in [-0.3, -0.25) is 4.90 Å². The standard InChI is InChI=1S/C14H26N4O/c1-2-3-4-14-16-9-12(17-14)10-18-7-8-19-13(11-18)5-6-15/h9,13H,2-8,10-11,15H2,1H3,(H,16,17)/t13-/m0/s1. The fourth-order valence-corrected chi connectivity index (χ4v) is 2.48. The lowest BCUT2D eigenvalue weighted by Gasteiger charge is -2.32. The first-order valence-electron chi connectivity index (χ1n) is 7.38. The maximum atomic E-state index is 5.70. The molecule has 3 N–H and O–H groups in total. The number of H-pyrrole nitrogens is 1. The summed E-state index contributed by atoms with van der Waals surface area (Å²) in [7, 11) is 0. The molecule has 1 fully saturated rings. The second-order valence-corrected chi connectivity index (χ2v) is 5.26. The van der Waals surface area contributed by atoms with Crippen LogP contribution in [0, 0.1) is 0 Å². The van der Waals surface area contributed by atoms with Gasteiger partial charge in [-0.1, -0.05) is 13.3 Å². The van der Waals surface area contributed by atoms with Crippen LogP contribution in [-0.2, 0) is 17.7 Å². The first-order valence-corrected chi connectivity index (χ1v) is 7.38. The van der Waals surface area contributed by atoms with Crippen molar-refractivity contribution in [2.45, 2.75) is 45.3 Å². The zero-order valence-corrected chi connectivity index (χ0v) is 11.9. The topological polar surface area (TPSA) is 67.2 Å². The lowest BCUT2D eigenvalue weighted by Crippen LogP contribution is -2.42. The van der Waals surface area contributed by atoms with Gasteiger partial charge in [0.05, 0.1) is 12.7 Å². The van der Waals surface area contributed by atoms with E-state index in [-0.39, 0.29) is 0 Å². The van der Waals surface area contributed by atoms with Crippen LogP contribution in [0.25, 0.3) is 0 Å². The Morgan fingerprint density at radius 1 is 1.58 bits per heavy atom. The highest BCUT2D eigenvalue weighted by Crippen LogP contribution is 2.11. The molecule has 2 heterocycles. The first-order chi connectivity index (χ1) is 9.31. The van der Waals surface area contributed by atoms with Gasteiger partial charge in [-0.15, -0.1) is 0 Å². The fourth-order valence-electron chi connectivity index (χ4n) is 2.48. The van der Waals surface area contributed by atoms with Crippen LogP contribution >= 0.6 is 0 Å². The van der Waals surface area contributed by atoms with E-state index in [4.69, 9.17) is 10.5 Å². The van der Waals surface area contributed by atoms with Crippen LogP contribution in [0.2, 0.25) is 0 Å². The summed E-state index contributed by atoms with van der Waals surface area (Å²) in [4.78, 5) is 10.3. The van der Waals surface area contributed by atoms with Crippen LogP contribution in [-0.4, -0.2) is 47.2 Å². The molecule has 0 aromatic carbocycles. The van der Waals surface area contributed by atoms with Gasteiger partial charge < -0.3 is 15.5 Å². The average Bonchev–Trinajstić information content (AvgIpc) is 2.85. The molecule has 2 rings (SSSR count). The van der Waals surface area contributed by atoms with Crippen LogP contribution in [0.5, 0.6) is 0 Å². The maximum absolute atomic E-state index is 5.70. The molecule has 1 aromatic heterocycles. The number of hydrogen-bond acceptors (Lipinski definition) is 4. The van der Waals surface area contributed by atoms with Gasteiger partial charge in [0, 0.05) is 37.9 Å². The van der Waals surface area contributed by atoms with E-state index in [1.807, 2.05) is 6.20 Å². The third kappa shape index (κ3) is 4.60. The lowest BCUT2D eigenvalue weighted by atomic mass is 10.2. The van der Waals surface area contributed by atoms with E-state index >= 15 is 0 Å². The third-order valence-electron chi connectivity index (χ3n) is 3.55. The molecule has 1 saturated heterocycles. The van der Waals surface area contributed by atoms with Crippen molar-refractivity contribution in [2.24, 2.45) is 5.73 Å². The smallest absolute Gasteiger partial charge is 0.106 e. The Balaban J connectivity index is 1.81. The van der Waals surface area contributed by atoms with E-state index < -0.39 is 0 Å². The minimum absolute atomic E-state index is 0.293. The van der Waals surface area contributed by atoms with Gasteiger partial charge in [0.15, 0.2) is 0 Å². The number of unbranched alkanes of at least 4 members (excludes halogenated alkanes) is 1. The van der Waals surface area contributed by atoms with Crippen LogP contribution in [0.3, 0.4) is 0 Å². The number of rotatable bonds is 7. The molecule has 1 aromatic rings. The maximum Gasteiger partial charge on any atom is 0.106 e. The number of imidazole rings is 1. The van der Waals surface area contributed by atoms with Gasteiger partial charge in [0.25, 0.3) is 0 Å². The third-order valence-corrected chi connectivity index (χ3v) is 3.55. The summed E-state index contributed by atoms with van der Waals surface area (Å²) in [5.74, 6) is 1.11. The van der Waals surface area contributed by atoms with Crippen LogP contribution in [0.4, 0.5) is 0 Å². The van der Waals surface area contributed by atoms with Crippen molar-refractivity contribution >= 4 is 0 Å². The highest BCUT2D eigenvalue weighted by molar-refractivity contribution is 5.01. The summed E-state index contributed by atoms with van der Waals surface area (Å²) < 4.78 is 5.70. The largest absolute Gasteiger partial charge is 0.376 e. The van der Waals surface area contributed by atoms with E-state index in [1.165, 1.54) is 18.5 Å². The van der Waals surface area contributed by atoms with E-state index in [1.54, 1.807) is 0 Å². The molecule has 0 bridgehead atoms. The Hall–Kier alpha value is -0.910. The minimum Gasteiger partial charge on any atom is -0.376 e. The summed E-state index contributed by atoms with van der Waals surface area (Å²) in [6, 6.07) is 0. The number of hydrogen-bond donors (Lipinski definition) is 2. The molecule has 1 atom stereocenters. The minimum atomic E-state index is 0.293. The second kappa shape index (κ2) is 7.62. The van der Waals surface area contributed by atoms with E-state index in [9.17, 15) is 0 Å². The average molecular weight is 266 g/mol.